The lowest BCUT2D eigenvalue weighted by Crippen LogP contribution is -2.40. The van der Waals surface area contributed by atoms with Crippen LogP contribution >= 0.6 is 0 Å². The third kappa shape index (κ3) is 3.94. The minimum atomic E-state index is -0.765. The number of anilines is 1. The predicted molar refractivity (Wildman–Crippen MR) is 71.9 cm³/mol. The number of carbonyl (C=O) groups excluding carboxylic acids is 1. The van der Waals surface area contributed by atoms with Gasteiger partial charge in [0, 0.05) is 11.7 Å². The van der Waals surface area contributed by atoms with Crippen molar-refractivity contribution < 1.29 is 19.1 Å². The van der Waals surface area contributed by atoms with E-state index in [0.29, 0.717) is 31.4 Å². The molecule has 0 bridgehead atoms. The van der Waals surface area contributed by atoms with Gasteiger partial charge in [-0.25, -0.2) is 9.18 Å². The highest BCUT2D eigenvalue weighted by atomic mass is 19.1. The van der Waals surface area contributed by atoms with Crippen molar-refractivity contribution in [3.63, 3.8) is 0 Å². The zero-order chi connectivity index (χ0) is 14.5. The predicted octanol–water partition coefficient (Wildman–Crippen LogP) is 2.59. The standard InChI is InChI=1S/C14H17FN2O3/c15-10-3-7-12(8-4-10)17-14(20)16-11-5-1-9(2-6-11)13(18)19/h3-4,7-9,11H,1-2,5-6H2,(H,18,19)(H2,16,17,20). The number of rotatable bonds is 3. The molecule has 1 aromatic carbocycles. The molecule has 2 rings (SSSR count). The summed E-state index contributed by atoms with van der Waals surface area (Å²) in [5.74, 6) is -1.42. The summed E-state index contributed by atoms with van der Waals surface area (Å²) in [4.78, 5) is 22.6. The molecule has 0 radical (unpaired) electrons. The zero-order valence-corrected chi connectivity index (χ0v) is 10.9. The van der Waals surface area contributed by atoms with Crippen LogP contribution in [0.25, 0.3) is 0 Å². The molecule has 1 fully saturated rings. The number of aliphatic carboxylic acids is 1. The second-order valence-corrected chi connectivity index (χ2v) is 4.99. The largest absolute Gasteiger partial charge is 0.481 e. The van der Waals surface area contributed by atoms with Crippen LogP contribution in [0.4, 0.5) is 14.9 Å². The van der Waals surface area contributed by atoms with Gasteiger partial charge in [0.25, 0.3) is 0 Å². The van der Waals surface area contributed by atoms with Crippen LogP contribution in [0.1, 0.15) is 25.7 Å². The Balaban J connectivity index is 1.78. The number of carboxylic acids is 1. The van der Waals surface area contributed by atoms with Crippen molar-refractivity contribution in [1.82, 2.24) is 5.32 Å². The Morgan fingerprint density at radius 2 is 1.70 bits per heavy atom. The molecule has 0 aliphatic heterocycles. The molecular weight excluding hydrogens is 263 g/mol. The van der Waals surface area contributed by atoms with Crippen LogP contribution in [0, 0.1) is 11.7 Å². The smallest absolute Gasteiger partial charge is 0.319 e. The second kappa shape index (κ2) is 6.36. The van der Waals surface area contributed by atoms with Gasteiger partial charge in [-0.2, -0.15) is 0 Å². The number of hydrogen-bond donors (Lipinski definition) is 3. The summed E-state index contributed by atoms with van der Waals surface area (Å²) in [7, 11) is 0. The van der Waals surface area contributed by atoms with E-state index < -0.39 is 5.97 Å². The van der Waals surface area contributed by atoms with Crippen molar-refractivity contribution in [2.24, 2.45) is 5.92 Å². The van der Waals surface area contributed by atoms with Gasteiger partial charge in [0.15, 0.2) is 0 Å². The lowest BCUT2D eigenvalue weighted by Gasteiger charge is -2.26. The van der Waals surface area contributed by atoms with Crippen molar-refractivity contribution in [2.75, 3.05) is 5.32 Å². The molecule has 0 unspecified atom stereocenters. The fourth-order valence-electron chi connectivity index (χ4n) is 2.37. The molecule has 3 N–H and O–H groups in total. The molecule has 5 nitrogen and oxygen atoms in total. The van der Waals surface area contributed by atoms with E-state index in [2.05, 4.69) is 10.6 Å². The Morgan fingerprint density at radius 3 is 2.25 bits per heavy atom. The molecule has 1 aromatic rings. The summed E-state index contributed by atoms with van der Waals surface area (Å²) in [6, 6.07) is 5.15. The van der Waals surface area contributed by atoms with Gasteiger partial charge in [-0.1, -0.05) is 0 Å². The van der Waals surface area contributed by atoms with Crippen LogP contribution in [0.15, 0.2) is 24.3 Å². The fourth-order valence-corrected chi connectivity index (χ4v) is 2.37. The van der Waals surface area contributed by atoms with E-state index in [1.165, 1.54) is 24.3 Å². The molecule has 1 aliphatic carbocycles. The first kappa shape index (κ1) is 14.3. The highest BCUT2D eigenvalue weighted by Crippen LogP contribution is 2.24. The average molecular weight is 280 g/mol. The Morgan fingerprint density at radius 1 is 1.10 bits per heavy atom. The molecule has 0 aromatic heterocycles. The van der Waals surface area contributed by atoms with Gasteiger partial charge < -0.3 is 15.7 Å². The lowest BCUT2D eigenvalue weighted by molar-refractivity contribution is -0.142. The van der Waals surface area contributed by atoms with Gasteiger partial charge >= 0.3 is 12.0 Å². The van der Waals surface area contributed by atoms with E-state index in [1.54, 1.807) is 0 Å². The van der Waals surface area contributed by atoms with Crippen molar-refractivity contribution in [1.29, 1.82) is 0 Å². The molecule has 108 valence electrons. The second-order valence-electron chi connectivity index (χ2n) is 4.99. The van der Waals surface area contributed by atoms with Crippen molar-refractivity contribution in [2.45, 2.75) is 31.7 Å². The van der Waals surface area contributed by atoms with Crippen LogP contribution in [-0.4, -0.2) is 23.1 Å². The molecule has 0 spiro atoms. The van der Waals surface area contributed by atoms with E-state index in [4.69, 9.17) is 5.11 Å². The molecule has 0 atom stereocenters. The van der Waals surface area contributed by atoms with Crippen molar-refractivity contribution >= 4 is 17.7 Å². The maximum absolute atomic E-state index is 12.7. The highest BCUT2D eigenvalue weighted by Gasteiger charge is 2.26. The number of amides is 2. The minimum Gasteiger partial charge on any atom is -0.481 e. The number of halogens is 1. The van der Waals surface area contributed by atoms with Crippen LogP contribution < -0.4 is 10.6 Å². The summed E-state index contributed by atoms with van der Waals surface area (Å²) in [5.41, 5.74) is 0.517. The monoisotopic (exact) mass is 280 g/mol. The van der Waals surface area contributed by atoms with Crippen LogP contribution in [0.5, 0.6) is 0 Å². The third-order valence-electron chi connectivity index (χ3n) is 3.51. The molecule has 2 amide bonds. The highest BCUT2D eigenvalue weighted by molar-refractivity contribution is 5.89. The minimum absolute atomic E-state index is 0.00829. The topological polar surface area (TPSA) is 78.4 Å². The van der Waals surface area contributed by atoms with E-state index in [-0.39, 0.29) is 23.8 Å². The number of benzene rings is 1. The van der Waals surface area contributed by atoms with Crippen LogP contribution in [-0.2, 0) is 4.79 Å². The first-order chi connectivity index (χ1) is 9.54. The molecule has 6 heteroatoms. The lowest BCUT2D eigenvalue weighted by atomic mass is 9.86. The summed E-state index contributed by atoms with van der Waals surface area (Å²) < 4.78 is 12.7. The van der Waals surface area contributed by atoms with E-state index in [0.717, 1.165) is 0 Å². The van der Waals surface area contributed by atoms with Gasteiger partial charge in [0.05, 0.1) is 5.92 Å². The molecule has 0 saturated heterocycles. The van der Waals surface area contributed by atoms with Gasteiger partial charge in [-0.3, -0.25) is 4.79 Å². The maximum Gasteiger partial charge on any atom is 0.319 e. The average Bonchev–Trinajstić information content (AvgIpc) is 2.42. The summed E-state index contributed by atoms with van der Waals surface area (Å²) in [5, 5.41) is 14.3. The normalized spacial score (nSPS) is 22.1. The van der Waals surface area contributed by atoms with Crippen molar-refractivity contribution in [3.05, 3.63) is 30.1 Å². The van der Waals surface area contributed by atoms with Gasteiger partial charge in [-0.05, 0) is 49.9 Å². The van der Waals surface area contributed by atoms with Crippen LogP contribution in [0.3, 0.4) is 0 Å². The van der Waals surface area contributed by atoms with Gasteiger partial charge in [0.1, 0.15) is 5.82 Å². The van der Waals surface area contributed by atoms with Gasteiger partial charge in [-0.15, -0.1) is 0 Å². The fraction of sp³-hybridized carbons (Fsp3) is 0.429. The summed E-state index contributed by atoms with van der Waals surface area (Å²) in [6.07, 6.45) is 2.48. The summed E-state index contributed by atoms with van der Waals surface area (Å²) >= 11 is 0. The van der Waals surface area contributed by atoms with E-state index in [1.807, 2.05) is 0 Å². The maximum atomic E-state index is 12.7. The third-order valence-corrected chi connectivity index (χ3v) is 3.51. The first-order valence-corrected chi connectivity index (χ1v) is 6.60. The molecule has 1 saturated carbocycles. The van der Waals surface area contributed by atoms with Crippen LogP contribution in [0.2, 0.25) is 0 Å². The van der Waals surface area contributed by atoms with E-state index in [9.17, 15) is 14.0 Å². The number of hydrogen-bond acceptors (Lipinski definition) is 2. The molecule has 1 aliphatic rings. The van der Waals surface area contributed by atoms with Gasteiger partial charge in [0.2, 0.25) is 0 Å². The number of carbonyl (C=O) groups is 2. The molecule has 0 heterocycles. The number of nitrogens with one attached hydrogen (secondary N) is 2. The van der Waals surface area contributed by atoms with Crippen molar-refractivity contribution in [3.8, 4) is 0 Å². The molecule has 20 heavy (non-hydrogen) atoms. The number of urea groups is 1. The number of carboxylic acid groups (broad SMARTS) is 1. The Hall–Kier alpha value is -2.11. The Kier molecular flexibility index (Phi) is 4.55. The Labute approximate surface area is 116 Å². The molecular formula is C14H17FN2O3. The Bertz CT molecular complexity index is 482. The zero-order valence-electron chi connectivity index (χ0n) is 10.9. The SMILES string of the molecule is O=C(Nc1ccc(F)cc1)NC1CCC(C(=O)O)CC1. The quantitative estimate of drug-likeness (QED) is 0.796. The van der Waals surface area contributed by atoms with E-state index >= 15 is 0 Å². The first-order valence-electron chi connectivity index (χ1n) is 6.60. The summed E-state index contributed by atoms with van der Waals surface area (Å²) in [6.45, 7) is 0.